The molecule has 0 unspecified atom stereocenters. The summed E-state index contributed by atoms with van der Waals surface area (Å²) in [5, 5.41) is 0. The van der Waals surface area contributed by atoms with E-state index in [4.69, 9.17) is 0 Å². The van der Waals surface area contributed by atoms with Gasteiger partial charge in [0.15, 0.2) is 0 Å². The second kappa shape index (κ2) is 7.33. The molecule has 1 aromatic carbocycles. The van der Waals surface area contributed by atoms with Crippen LogP contribution in [0.25, 0.3) is 5.57 Å². The van der Waals surface area contributed by atoms with E-state index >= 15 is 0 Å². The second-order valence-corrected chi connectivity index (χ2v) is 6.77. The maximum atomic E-state index is 2.49. The van der Waals surface area contributed by atoms with Crippen LogP contribution in [0.3, 0.4) is 0 Å². The lowest BCUT2D eigenvalue weighted by atomic mass is 9.86. The number of hydrogen-bond acceptors (Lipinski definition) is 2. The van der Waals surface area contributed by atoms with Crippen LogP contribution in [0.1, 0.15) is 42.9 Å². The lowest BCUT2D eigenvalue weighted by molar-refractivity contribution is 0.296. The zero-order chi connectivity index (χ0) is 14.5. The molecule has 2 heteroatoms. The number of nitrogens with zero attached hydrogens (tertiary/aromatic N) is 1. The third-order valence-corrected chi connectivity index (χ3v) is 5.30. The number of piperidine rings is 1. The summed E-state index contributed by atoms with van der Waals surface area (Å²) in [6.07, 6.45) is 8.42. The fraction of sp³-hybridized carbons (Fsp3) is 0.556. The number of hydrogen-bond donors (Lipinski definition) is 0. The van der Waals surface area contributed by atoms with Crippen molar-refractivity contribution in [2.24, 2.45) is 5.92 Å². The van der Waals surface area contributed by atoms with Crippen LogP contribution in [0.5, 0.6) is 0 Å². The molecule has 0 amide bonds. The summed E-state index contributed by atoms with van der Waals surface area (Å²) in [6.45, 7) is 9.09. The van der Waals surface area contributed by atoms with E-state index in [1.54, 1.807) is 0 Å². The Morgan fingerprint density at radius 3 is 2.55 bits per heavy atom. The Morgan fingerprint density at radius 1 is 1.30 bits per heavy atom. The van der Waals surface area contributed by atoms with Crippen LogP contribution >= 0.6 is 11.9 Å². The van der Waals surface area contributed by atoms with Gasteiger partial charge in [-0.05, 0) is 68.9 Å². The molecule has 0 atom stereocenters. The van der Waals surface area contributed by atoms with Crippen molar-refractivity contribution in [2.75, 3.05) is 19.3 Å². The van der Waals surface area contributed by atoms with E-state index in [9.17, 15) is 0 Å². The minimum absolute atomic E-state index is 0.852. The van der Waals surface area contributed by atoms with Crippen molar-refractivity contribution in [3.05, 3.63) is 41.0 Å². The first-order valence-corrected chi connectivity index (χ1v) is 8.84. The van der Waals surface area contributed by atoms with Gasteiger partial charge in [0.2, 0.25) is 0 Å². The Labute approximate surface area is 128 Å². The number of benzene rings is 1. The van der Waals surface area contributed by atoms with Crippen molar-refractivity contribution in [3.8, 4) is 0 Å². The Bertz CT molecular complexity index is 470. The van der Waals surface area contributed by atoms with Crippen LogP contribution in [0, 0.1) is 19.8 Å². The molecule has 1 heterocycles. The highest BCUT2D eigenvalue weighted by Crippen LogP contribution is 2.32. The first-order valence-electron chi connectivity index (χ1n) is 7.66. The fourth-order valence-electron chi connectivity index (χ4n) is 3.16. The molecule has 20 heavy (non-hydrogen) atoms. The number of allylic oxidation sites excluding steroid dienone is 2. The van der Waals surface area contributed by atoms with Crippen LogP contribution in [-0.2, 0) is 0 Å². The monoisotopic (exact) mass is 289 g/mol. The maximum Gasteiger partial charge on any atom is 0.00919 e. The van der Waals surface area contributed by atoms with E-state index in [1.165, 1.54) is 54.6 Å². The van der Waals surface area contributed by atoms with E-state index in [2.05, 4.69) is 55.6 Å². The van der Waals surface area contributed by atoms with Crippen molar-refractivity contribution < 1.29 is 0 Å². The maximum absolute atomic E-state index is 2.49. The lowest BCUT2D eigenvalue weighted by Gasteiger charge is -2.30. The van der Waals surface area contributed by atoms with Crippen LogP contribution in [0.2, 0.25) is 0 Å². The Balaban J connectivity index is 2.03. The molecule has 0 aliphatic carbocycles. The summed E-state index contributed by atoms with van der Waals surface area (Å²) in [5.74, 6) is 0.852. The van der Waals surface area contributed by atoms with Gasteiger partial charge in [-0.2, -0.15) is 0 Å². The average Bonchev–Trinajstić information content (AvgIpc) is 2.46. The SMILES string of the molecule is C/C=C(/CC1CCN(SC)CC1)c1ccc(C)cc1C. The Morgan fingerprint density at radius 2 is 2.00 bits per heavy atom. The zero-order valence-electron chi connectivity index (χ0n) is 13.3. The predicted molar refractivity (Wildman–Crippen MR) is 92.0 cm³/mol. The molecule has 0 saturated carbocycles. The summed E-state index contributed by atoms with van der Waals surface area (Å²) in [5.41, 5.74) is 5.75. The van der Waals surface area contributed by atoms with Crippen LogP contribution in [0.15, 0.2) is 24.3 Å². The van der Waals surface area contributed by atoms with E-state index in [0.29, 0.717) is 0 Å². The van der Waals surface area contributed by atoms with Crippen molar-refractivity contribution in [1.29, 1.82) is 0 Å². The molecular weight excluding hydrogens is 262 g/mol. The third kappa shape index (κ3) is 3.89. The van der Waals surface area contributed by atoms with Gasteiger partial charge >= 0.3 is 0 Å². The van der Waals surface area contributed by atoms with Gasteiger partial charge in [0.1, 0.15) is 0 Å². The van der Waals surface area contributed by atoms with Crippen molar-refractivity contribution in [3.63, 3.8) is 0 Å². The van der Waals surface area contributed by atoms with Crippen LogP contribution < -0.4 is 0 Å². The van der Waals surface area contributed by atoms with Crippen LogP contribution in [0.4, 0.5) is 0 Å². The van der Waals surface area contributed by atoms with Crippen molar-refractivity contribution in [1.82, 2.24) is 4.31 Å². The van der Waals surface area contributed by atoms with E-state index in [-0.39, 0.29) is 0 Å². The summed E-state index contributed by atoms with van der Waals surface area (Å²) in [7, 11) is 0. The van der Waals surface area contributed by atoms with Gasteiger partial charge in [0.25, 0.3) is 0 Å². The first-order chi connectivity index (χ1) is 9.63. The Kier molecular flexibility index (Phi) is 5.74. The van der Waals surface area contributed by atoms with E-state index < -0.39 is 0 Å². The highest BCUT2D eigenvalue weighted by Gasteiger charge is 2.20. The molecule has 1 saturated heterocycles. The standard InChI is InChI=1S/C18H27NS/c1-5-17(18-7-6-14(2)12-15(18)3)13-16-8-10-19(20-4)11-9-16/h5-7,12,16H,8-11,13H2,1-4H3/b17-5-. The number of rotatable bonds is 4. The highest BCUT2D eigenvalue weighted by atomic mass is 32.2. The van der Waals surface area contributed by atoms with Crippen molar-refractivity contribution >= 4 is 17.5 Å². The van der Waals surface area contributed by atoms with Gasteiger partial charge < -0.3 is 0 Å². The highest BCUT2D eigenvalue weighted by molar-refractivity contribution is 7.96. The Hall–Kier alpha value is -0.730. The average molecular weight is 289 g/mol. The summed E-state index contributed by atoms with van der Waals surface area (Å²) >= 11 is 1.89. The summed E-state index contributed by atoms with van der Waals surface area (Å²) in [6, 6.07) is 6.84. The summed E-state index contributed by atoms with van der Waals surface area (Å²) < 4.78 is 2.49. The molecule has 1 nitrogen and oxygen atoms in total. The molecule has 0 spiro atoms. The molecule has 1 aromatic rings. The molecule has 1 fully saturated rings. The molecular formula is C18H27NS. The fourth-order valence-corrected chi connectivity index (χ4v) is 3.74. The quantitative estimate of drug-likeness (QED) is 0.711. The van der Waals surface area contributed by atoms with Gasteiger partial charge in [-0.1, -0.05) is 41.8 Å². The normalized spacial score (nSPS) is 18.5. The lowest BCUT2D eigenvalue weighted by Crippen LogP contribution is -2.28. The minimum atomic E-state index is 0.852. The largest absolute Gasteiger partial charge is 0.251 e. The van der Waals surface area contributed by atoms with Gasteiger partial charge in [0, 0.05) is 13.1 Å². The molecule has 0 aromatic heterocycles. The zero-order valence-corrected chi connectivity index (χ0v) is 14.1. The van der Waals surface area contributed by atoms with Gasteiger partial charge in [-0.15, -0.1) is 0 Å². The predicted octanol–water partition coefficient (Wildman–Crippen LogP) is 5.09. The first kappa shape index (κ1) is 15.7. The minimum Gasteiger partial charge on any atom is -0.251 e. The van der Waals surface area contributed by atoms with Gasteiger partial charge in [0.05, 0.1) is 0 Å². The van der Waals surface area contributed by atoms with Crippen LogP contribution in [-0.4, -0.2) is 23.7 Å². The van der Waals surface area contributed by atoms with Gasteiger partial charge in [-0.3, -0.25) is 4.31 Å². The van der Waals surface area contributed by atoms with E-state index in [1.807, 2.05) is 11.9 Å². The molecule has 1 aliphatic rings. The second-order valence-electron chi connectivity index (χ2n) is 5.89. The van der Waals surface area contributed by atoms with E-state index in [0.717, 1.165) is 5.92 Å². The van der Waals surface area contributed by atoms with Crippen molar-refractivity contribution in [2.45, 2.75) is 40.0 Å². The number of aryl methyl sites for hydroxylation is 2. The summed E-state index contributed by atoms with van der Waals surface area (Å²) in [4.78, 5) is 0. The molecule has 1 aliphatic heterocycles. The molecule has 2 rings (SSSR count). The topological polar surface area (TPSA) is 3.24 Å². The molecule has 0 bridgehead atoms. The van der Waals surface area contributed by atoms with Gasteiger partial charge in [-0.25, -0.2) is 0 Å². The molecule has 0 radical (unpaired) electrons. The molecule has 110 valence electrons. The smallest absolute Gasteiger partial charge is 0.00919 e. The third-order valence-electron chi connectivity index (χ3n) is 4.42. The molecule has 0 N–H and O–H groups in total.